The molecule has 21 heavy (non-hydrogen) atoms. The standard InChI is InChI=1S/C17H24N2O2/c1-5-19(6-2)17(21)14-10-13(14)16(20)18-15-9-7-8-11(3)12(15)4/h7-9,13-14H,5-6,10H2,1-4H3,(H,18,20). The molecule has 0 bridgehead atoms. The second kappa shape index (κ2) is 6.29. The molecule has 0 radical (unpaired) electrons. The molecule has 0 aliphatic heterocycles. The highest BCUT2D eigenvalue weighted by Crippen LogP contribution is 2.41. The molecule has 4 heteroatoms. The molecule has 114 valence electrons. The number of amides is 2. The van der Waals surface area contributed by atoms with E-state index in [0.717, 1.165) is 16.8 Å². The van der Waals surface area contributed by atoms with Gasteiger partial charge in [0.25, 0.3) is 0 Å². The Morgan fingerprint density at radius 2 is 1.86 bits per heavy atom. The average molecular weight is 288 g/mol. The largest absolute Gasteiger partial charge is 0.343 e. The summed E-state index contributed by atoms with van der Waals surface area (Å²) >= 11 is 0. The summed E-state index contributed by atoms with van der Waals surface area (Å²) < 4.78 is 0. The van der Waals surface area contributed by atoms with Gasteiger partial charge in [-0.05, 0) is 51.3 Å². The smallest absolute Gasteiger partial charge is 0.228 e. The van der Waals surface area contributed by atoms with Crippen LogP contribution in [0.5, 0.6) is 0 Å². The van der Waals surface area contributed by atoms with Crippen LogP contribution in [-0.2, 0) is 9.59 Å². The van der Waals surface area contributed by atoms with Crippen molar-refractivity contribution in [3.8, 4) is 0 Å². The molecular weight excluding hydrogens is 264 g/mol. The van der Waals surface area contributed by atoms with Gasteiger partial charge in [-0.15, -0.1) is 0 Å². The molecular formula is C17H24N2O2. The maximum atomic E-state index is 12.3. The summed E-state index contributed by atoms with van der Waals surface area (Å²) in [5.74, 6) is -0.219. The van der Waals surface area contributed by atoms with Crippen LogP contribution in [0.3, 0.4) is 0 Å². The summed E-state index contributed by atoms with van der Waals surface area (Å²) in [4.78, 5) is 26.3. The fourth-order valence-corrected chi connectivity index (χ4v) is 2.64. The Balaban J connectivity index is 1.98. The van der Waals surface area contributed by atoms with Gasteiger partial charge in [0.1, 0.15) is 0 Å². The molecule has 1 aromatic rings. The number of nitrogens with one attached hydrogen (secondary N) is 1. The van der Waals surface area contributed by atoms with Crippen LogP contribution >= 0.6 is 0 Å². The van der Waals surface area contributed by atoms with Crippen molar-refractivity contribution in [1.29, 1.82) is 0 Å². The van der Waals surface area contributed by atoms with Gasteiger partial charge in [-0.2, -0.15) is 0 Å². The Morgan fingerprint density at radius 3 is 2.48 bits per heavy atom. The van der Waals surface area contributed by atoms with E-state index in [1.165, 1.54) is 0 Å². The molecule has 1 aliphatic carbocycles. The monoisotopic (exact) mass is 288 g/mol. The first kappa shape index (κ1) is 15.5. The molecule has 2 rings (SSSR count). The lowest BCUT2D eigenvalue weighted by Gasteiger charge is -2.18. The highest BCUT2D eigenvalue weighted by atomic mass is 16.2. The number of aryl methyl sites for hydroxylation is 1. The van der Waals surface area contributed by atoms with Gasteiger partial charge in [0, 0.05) is 18.8 Å². The van der Waals surface area contributed by atoms with Gasteiger partial charge in [0.05, 0.1) is 11.8 Å². The van der Waals surface area contributed by atoms with Crippen molar-refractivity contribution in [3.05, 3.63) is 29.3 Å². The number of carbonyl (C=O) groups excluding carboxylic acids is 2. The van der Waals surface area contributed by atoms with Gasteiger partial charge in [0.15, 0.2) is 0 Å². The van der Waals surface area contributed by atoms with Crippen LogP contribution in [0.4, 0.5) is 5.69 Å². The number of hydrogen-bond donors (Lipinski definition) is 1. The van der Waals surface area contributed by atoms with Crippen LogP contribution in [0.1, 0.15) is 31.4 Å². The highest BCUT2D eigenvalue weighted by Gasteiger charge is 2.49. The first-order valence-corrected chi connectivity index (χ1v) is 7.65. The van der Waals surface area contributed by atoms with Crippen LogP contribution in [0.25, 0.3) is 0 Å². The Hall–Kier alpha value is -1.84. The predicted molar refractivity (Wildman–Crippen MR) is 84.1 cm³/mol. The maximum Gasteiger partial charge on any atom is 0.228 e. The van der Waals surface area contributed by atoms with Gasteiger partial charge in [-0.25, -0.2) is 0 Å². The molecule has 2 unspecified atom stereocenters. The van der Waals surface area contributed by atoms with E-state index >= 15 is 0 Å². The Morgan fingerprint density at radius 1 is 1.19 bits per heavy atom. The summed E-state index contributed by atoms with van der Waals surface area (Å²) in [5, 5.41) is 2.96. The SMILES string of the molecule is CCN(CC)C(=O)C1CC1C(=O)Nc1cccc(C)c1C. The van der Waals surface area contributed by atoms with Crippen molar-refractivity contribution in [2.75, 3.05) is 18.4 Å². The van der Waals surface area contributed by atoms with E-state index in [1.54, 1.807) is 4.90 Å². The zero-order valence-corrected chi connectivity index (χ0v) is 13.3. The third-order valence-electron chi connectivity index (χ3n) is 4.38. The van der Waals surface area contributed by atoms with Gasteiger partial charge < -0.3 is 10.2 Å². The van der Waals surface area contributed by atoms with E-state index in [4.69, 9.17) is 0 Å². The number of anilines is 1. The van der Waals surface area contributed by atoms with E-state index in [2.05, 4.69) is 5.32 Å². The van der Waals surface area contributed by atoms with Crippen LogP contribution in [0, 0.1) is 25.7 Å². The number of rotatable bonds is 5. The molecule has 0 heterocycles. The lowest BCUT2D eigenvalue weighted by Crippen LogP contribution is -2.33. The van der Waals surface area contributed by atoms with Crippen molar-refractivity contribution in [2.45, 2.75) is 34.1 Å². The summed E-state index contributed by atoms with van der Waals surface area (Å²) in [5.41, 5.74) is 3.08. The molecule has 1 aromatic carbocycles. The minimum Gasteiger partial charge on any atom is -0.343 e. The van der Waals surface area contributed by atoms with Crippen molar-refractivity contribution in [3.63, 3.8) is 0 Å². The van der Waals surface area contributed by atoms with Crippen molar-refractivity contribution in [2.24, 2.45) is 11.8 Å². The molecule has 1 aliphatic rings. The maximum absolute atomic E-state index is 12.3. The molecule has 1 fully saturated rings. The topological polar surface area (TPSA) is 49.4 Å². The van der Waals surface area contributed by atoms with E-state index in [-0.39, 0.29) is 23.7 Å². The van der Waals surface area contributed by atoms with Crippen molar-refractivity contribution < 1.29 is 9.59 Å². The van der Waals surface area contributed by atoms with Gasteiger partial charge >= 0.3 is 0 Å². The lowest BCUT2D eigenvalue weighted by atomic mass is 10.1. The van der Waals surface area contributed by atoms with Crippen LogP contribution in [0.15, 0.2) is 18.2 Å². The predicted octanol–water partition coefficient (Wildman–Crippen LogP) is 2.75. The van der Waals surface area contributed by atoms with Crippen molar-refractivity contribution >= 4 is 17.5 Å². The second-order valence-corrected chi connectivity index (χ2v) is 5.70. The molecule has 0 saturated heterocycles. The summed E-state index contributed by atoms with van der Waals surface area (Å²) in [7, 11) is 0. The van der Waals surface area contributed by atoms with Crippen molar-refractivity contribution in [1.82, 2.24) is 4.90 Å². The molecule has 2 amide bonds. The molecule has 1 saturated carbocycles. The first-order valence-electron chi connectivity index (χ1n) is 7.65. The summed E-state index contributed by atoms with van der Waals surface area (Å²) in [6.45, 7) is 9.36. The molecule has 1 N–H and O–H groups in total. The van der Waals surface area contributed by atoms with E-state index in [0.29, 0.717) is 19.5 Å². The Bertz CT molecular complexity index is 550. The molecule has 4 nitrogen and oxygen atoms in total. The van der Waals surface area contributed by atoms with Crippen LogP contribution in [-0.4, -0.2) is 29.8 Å². The normalized spacial score (nSPS) is 20.0. The molecule has 2 atom stereocenters. The second-order valence-electron chi connectivity index (χ2n) is 5.70. The Kier molecular flexibility index (Phi) is 4.66. The summed E-state index contributed by atoms with van der Waals surface area (Å²) in [6, 6.07) is 5.86. The zero-order chi connectivity index (χ0) is 15.6. The average Bonchev–Trinajstić information content (AvgIpc) is 3.25. The third-order valence-corrected chi connectivity index (χ3v) is 4.38. The fraction of sp³-hybridized carbons (Fsp3) is 0.529. The number of carbonyl (C=O) groups is 2. The number of benzene rings is 1. The lowest BCUT2D eigenvalue weighted by molar-refractivity contribution is -0.133. The quantitative estimate of drug-likeness (QED) is 0.905. The van der Waals surface area contributed by atoms with E-state index in [1.807, 2.05) is 45.9 Å². The third kappa shape index (κ3) is 3.26. The minimum absolute atomic E-state index is 0.0331. The van der Waals surface area contributed by atoms with Gasteiger partial charge in [-0.3, -0.25) is 9.59 Å². The van der Waals surface area contributed by atoms with Crippen LogP contribution in [0.2, 0.25) is 0 Å². The van der Waals surface area contributed by atoms with Gasteiger partial charge in [0.2, 0.25) is 11.8 Å². The Labute approximate surface area is 126 Å². The highest BCUT2D eigenvalue weighted by molar-refractivity contribution is 6.00. The first-order chi connectivity index (χ1) is 9.99. The van der Waals surface area contributed by atoms with Crippen LogP contribution < -0.4 is 5.32 Å². The van der Waals surface area contributed by atoms with E-state index < -0.39 is 0 Å². The number of hydrogen-bond acceptors (Lipinski definition) is 2. The van der Waals surface area contributed by atoms with E-state index in [9.17, 15) is 9.59 Å². The fourth-order valence-electron chi connectivity index (χ4n) is 2.64. The summed E-state index contributed by atoms with van der Waals surface area (Å²) in [6.07, 6.45) is 0.673. The molecule has 0 aromatic heterocycles. The minimum atomic E-state index is -0.169. The molecule has 0 spiro atoms. The zero-order valence-electron chi connectivity index (χ0n) is 13.3. The number of nitrogens with zero attached hydrogens (tertiary/aromatic N) is 1. The van der Waals surface area contributed by atoms with Gasteiger partial charge in [-0.1, -0.05) is 12.1 Å².